The molecule has 0 aromatic heterocycles. The second kappa shape index (κ2) is 7.98. The molecule has 0 aliphatic rings. The van der Waals surface area contributed by atoms with Crippen LogP contribution in [0.15, 0.2) is 59.8 Å². The van der Waals surface area contributed by atoms with Crippen molar-refractivity contribution in [3.05, 3.63) is 65.7 Å². The summed E-state index contributed by atoms with van der Waals surface area (Å²) in [6, 6.07) is 17.1. The highest BCUT2D eigenvalue weighted by Crippen LogP contribution is 2.16. The minimum Gasteiger partial charge on any atom is -0.497 e. The van der Waals surface area contributed by atoms with Crippen molar-refractivity contribution < 1.29 is 14.4 Å². The van der Waals surface area contributed by atoms with Crippen LogP contribution in [0.2, 0.25) is 0 Å². The van der Waals surface area contributed by atoms with Crippen LogP contribution in [0.3, 0.4) is 0 Å². The highest BCUT2D eigenvalue weighted by Gasteiger charge is 2.09. The minimum atomic E-state index is -0.329. The van der Waals surface area contributed by atoms with E-state index in [-0.39, 0.29) is 5.97 Å². The van der Waals surface area contributed by atoms with Crippen molar-refractivity contribution >= 4 is 11.7 Å². The topological polar surface area (TPSA) is 47.9 Å². The summed E-state index contributed by atoms with van der Waals surface area (Å²) in [4.78, 5) is 16.6. The molecule has 4 heteroatoms. The maximum Gasteiger partial charge on any atom is 0.335 e. The molecular formula is C18H19NO3. The van der Waals surface area contributed by atoms with Crippen molar-refractivity contribution in [1.82, 2.24) is 0 Å². The molecule has 2 rings (SSSR count). The molecule has 0 aliphatic carbocycles. The summed E-state index contributed by atoms with van der Waals surface area (Å²) in [7, 11) is 1.62. The number of methoxy groups -OCH3 is 1. The number of hydrogen-bond acceptors (Lipinski definition) is 4. The highest BCUT2D eigenvalue weighted by atomic mass is 16.7. The Hall–Kier alpha value is -2.62. The average Bonchev–Trinajstić information content (AvgIpc) is 2.57. The van der Waals surface area contributed by atoms with E-state index in [2.05, 4.69) is 5.16 Å². The molecule has 0 radical (unpaired) electrons. The maximum atomic E-state index is 11.6. The Morgan fingerprint density at radius 1 is 1.00 bits per heavy atom. The summed E-state index contributed by atoms with van der Waals surface area (Å²) in [5, 5.41) is 4.06. The van der Waals surface area contributed by atoms with Gasteiger partial charge in [0.15, 0.2) is 0 Å². The number of carbonyl (C=O) groups excluding carboxylic acids is 1. The van der Waals surface area contributed by atoms with Crippen molar-refractivity contribution in [3.8, 4) is 5.75 Å². The Kier molecular flexibility index (Phi) is 5.72. The smallest absolute Gasteiger partial charge is 0.335 e. The third kappa shape index (κ3) is 4.19. The Bertz CT molecular complexity index is 633. The van der Waals surface area contributed by atoms with E-state index in [1.165, 1.54) is 0 Å². The average molecular weight is 297 g/mol. The normalized spacial score (nSPS) is 11.1. The number of carbonyl (C=O) groups is 1. The van der Waals surface area contributed by atoms with E-state index in [1.807, 2.05) is 61.5 Å². The van der Waals surface area contributed by atoms with E-state index < -0.39 is 0 Å². The summed E-state index contributed by atoms with van der Waals surface area (Å²) in [6.45, 7) is 1.92. The van der Waals surface area contributed by atoms with Gasteiger partial charge in [0.25, 0.3) is 0 Å². The summed E-state index contributed by atoms with van der Waals surface area (Å²) >= 11 is 0. The van der Waals surface area contributed by atoms with Crippen LogP contribution in [0.25, 0.3) is 0 Å². The van der Waals surface area contributed by atoms with Gasteiger partial charge >= 0.3 is 5.97 Å². The lowest BCUT2D eigenvalue weighted by molar-refractivity contribution is -0.143. The van der Waals surface area contributed by atoms with Crippen molar-refractivity contribution in [2.75, 3.05) is 7.11 Å². The first kappa shape index (κ1) is 15.8. The van der Waals surface area contributed by atoms with Crippen LogP contribution in [0.4, 0.5) is 0 Å². The van der Waals surface area contributed by atoms with Gasteiger partial charge in [-0.25, -0.2) is 4.79 Å². The third-order valence-corrected chi connectivity index (χ3v) is 3.10. The molecule has 0 saturated heterocycles. The van der Waals surface area contributed by atoms with Crippen molar-refractivity contribution in [1.29, 1.82) is 0 Å². The predicted molar refractivity (Wildman–Crippen MR) is 86.1 cm³/mol. The molecule has 22 heavy (non-hydrogen) atoms. The number of oxime groups is 1. The maximum absolute atomic E-state index is 11.6. The van der Waals surface area contributed by atoms with Crippen LogP contribution < -0.4 is 4.74 Å². The number of ether oxygens (including phenoxy) is 1. The molecule has 0 heterocycles. The van der Waals surface area contributed by atoms with Gasteiger partial charge < -0.3 is 9.57 Å². The Morgan fingerprint density at radius 3 is 2.23 bits per heavy atom. The molecule has 0 bridgehead atoms. The van der Waals surface area contributed by atoms with Gasteiger partial charge in [0.05, 0.1) is 7.11 Å². The molecule has 0 unspecified atom stereocenters. The fourth-order valence-corrected chi connectivity index (χ4v) is 1.96. The Balaban J connectivity index is 2.32. The fraction of sp³-hybridized carbons (Fsp3) is 0.222. The largest absolute Gasteiger partial charge is 0.497 e. The third-order valence-electron chi connectivity index (χ3n) is 3.10. The SMILES string of the molecule is CCCC(=O)O/N=C(\c1ccccc1)c1ccc(OC)cc1. The van der Waals surface area contributed by atoms with E-state index in [0.717, 1.165) is 23.3 Å². The minimum absolute atomic E-state index is 0.329. The first-order chi connectivity index (χ1) is 10.7. The molecule has 0 spiro atoms. The number of nitrogens with zero attached hydrogens (tertiary/aromatic N) is 1. The van der Waals surface area contributed by atoms with Gasteiger partial charge in [-0.05, 0) is 30.7 Å². The molecule has 2 aromatic carbocycles. The molecule has 0 fully saturated rings. The van der Waals surface area contributed by atoms with E-state index in [4.69, 9.17) is 9.57 Å². The first-order valence-electron chi connectivity index (χ1n) is 7.22. The fourth-order valence-electron chi connectivity index (χ4n) is 1.96. The van der Waals surface area contributed by atoms with E-state index in [9.17, 15) is 4.79 Å². The van der Waals surface area contributed by atoms with Crippen LogP contribution >= 0.6 is 0 Å². The molecule has 0 saturated carbocycles. The van der Waals surface area contributed by atoms with Crippen LogP contribution in [-0.2, 0) is 9.63 Å². The molecule has 114 valence electrons. The zero-order chi connectivity index (χ0) is 15.8. The molecule has 0 N–H and O–H groups in total. The number of benzene rings is 2. The molecular weight excluding hydrogens is 278 g/mol. The summed E-state index contributed by atoms with van der Waals surface area (Å²) < 4.78 is 5.16. The molecule has 0 aliphatic heterocycles. The second-order valence-electron chi connectivity index (χ2n) is 4.75. The summed E-state index contributed by atoms with van der Waals surface area (Å²) in [6.07, 6.45) is 1.09. The van der Waals surface area contributed by atoms with Gasteiger partial charge in [-0.15, -0.1) is 0 Å². The zero-order valence-corrected chi connectivity index (χ0v) is 12.8. The monoisotopic (exact) mass is 297 g/mol. The van der Waals surface area contributed by atoms with Crippen LogP contribution in [0, 0.1) is 0 Å². The predicted octanol–water partition coefficient (Wildman–Crippen LogP) is 3.79. The Morgan fingerprint density at radius 2 is 1.64 bits per heavy atom. The lowest BCUT2D eigenvalue weighted by atomic mass is 10.0. The van der Waals surface area contributed by atoms with Crippen molar-refractivity contribution in [3.63, 3.8) is 0 Å². The van der Waals surface area contributed by atoms with E-state index >= 15 is 0 Å². The highest BCUT2D eigenvalue weighted by molar-refractivity contribution is 6.12. The van der Waals surface area contributed by atoms with Crippen molar-refractivity contribution in [2.45, 2.75) is 19.8 Å². The van der Waals surface area contributed by atoms with Gasteiger partial charge in [0.2, 0.25) is 0 Å². The standard InChI is InChI=1S/C18H19NO3/c1-3-7-17(20)22-19-18(14-8-5-4-6-9-14)15-10-12-16(21-2)13-11-15/h4-6,8-13H,3,7H2,1-2H3/b19-18+. The van der Waals surface area contributed by atoms with Gasteiger partial charge in [0, 0.05) is 17.5 Å². The Labute approximate surface area is 130 Å². The van der Waals surface area contributed by atoms with Gasteiger partial charge in [-0.2, -0.15) is 0 Å². The van der Waals surface area contributed by atoms with Gasteiger partial charge in [0.1, 0.15) is 11.5 Å². The zero-order valence-electron chi connectivity index (χ0n) is 12.8. The van der Waals surface area contributed by atoms with Gasteiger partial charge in [-0.1, -0.05) is 42.4 Å². The van der Waals surface area contributed by atoms with E-state index in [1.54, 1.807) is 7.11 Å². The lowest BCUT2D eigenvalue weighted by Gasteiger charge is -2.07. The quantitative estimate of drug-likeness (QED) is 0.463. The summed E-state index contributed by atoms with van der Waals surface area (Å²) in [5.41, 5.74) is 2.36. The summed E-state index contributed by atoms with van der Waals surface area (Å²) in [5.74, 6) is 0.434. The van der Waals surface area contributed by atoms with Crippen LogP contribution in [0.1, 0.15) is 30.9 Å². The van der Waals surface area contributed by atoms with Gasteiger partial charge in [-0.3, -0.25) is 0 Å². The van der Waals surface area contributed by atoms with E-state index in [0.29, 0.717) is 12.1 Å². The lowest BCUT2D eigenvalue weighted by Crippen LogP contribution is -2.07. The molecule has 0 atom stereocenters. The van der Waals surface area contributed by atoms with Crippen LogP contribution in [0.5, 0.6) is 5.75 Å². The first-order valence-corrected chi connectivity index (χ1v) is 7.22. The number of rotatable bonds is 6. The van der Waals surface area contributed by atoms with Crippen molar-refractivity contribution in [2.24, 2.45) is 5.16 Å². The molecule has 0 amide bonds. The molecule has 2 aromatic rings. The van der Waals surface area contributed by atoms with Crippen LogP contribution in [-0.4, -0.2) is 18.8 Å². The number of hydrogen-bond donors (Lipinski definition) is 0. The molecule has 4 nitrogen and oxygen atoms in total. The second-order valence-corrected chi connectivity index (χ2v) is 4.75.